The number of ether oxygens (including phenoxy) is 1. The van der Waals surface area contributed by atoms with Gasteiger partial charge in [-0.2, -0.15) is 0 Å². The molecule has 2 aromatic carbocycles. The Bertz CT molecular complexity index is 1250. The molecular weight excluding hydrogens is 561 g/mol. The minimum absolute atomic E-state index is 0.00389. The van der Waals surface area contributed by atoms with Crippen molar-refractivity contribution in [2.24, 2.45) is 0 Å². The number of carbonyl (C=O) groups excluding carboxylic acids is 2. The quantitative estimate of drug-likeness (QED) is 0.412. The monoisotopic (exact) mass is 591 g/mol. The Kier molecular flexibility index (Phi) is 10.5. The zero-order chi connectivity index (χ0) is 28.1. The average Bonchev–Trinajstić information content (AvgIpc) is 2.77. The molecule has 8 nitrogen and oxygen atoms in total. The zero-order valence-corrected chi connectivity index (χ0v) is 24.7. The largest absolute Gasteiger partial charge is 0.495 e. The second-order valence-electron chi connectivity index (χ2n) is 9.52. The maximum Gasteiger partial charge on any atom is 0.244 e. The van der Waals surface area contributed by atoms with Crippen LogP contribution in [0.15, 0.2) is 36.4 Å². The summed E-state index contributed by atoms with van der Waals surface area (Å²) in [5, 5.41) is 3.80. The van der Waals surface area contributed by atoms with Gasteiger partial charge in [0.2, 0.25) is 21.8 Å². The molecule has 2 amide bonds. The molecular formula is C25H32Cl3N3O5S. The fraction of sp³-hybridized carbons (Fsp3) is 0.440. The lowest BCUT2D eigenvalue weighted by atomic mass is 10.1. The molecule has 2 aromatic rings. The smallest absolute Gasteiger partial charge is 0.244 e. The first kappa shape index (κ1) is 31.0. The molecule has 204 valence electrons. The van der Waals surface area contributed by atoms with Crippen LogP contribution in [-0.2, 0) is 26.2 Å². The normalized spacial score (nSPS) is 12.6. The van der Waals surface area contributed by atoms with E-state index in [0.717, 1.165) is 10.6 Å². The van der Waals surface area contributed by atoms with Crippen molar-refractivity contribution in [2.45, 2.75) is 52.2 Å². The lowest BCUT2D eigenvalue weighted by molar-refractivity contribution is -0.141. The average molecular weight is 593 g/mol. The first-order chi connectivity index (χ1) is 17.1. The maximum atomic E-state index is 13.8. The molecule has 1 N–H and O–H groups in total. The number of halogens is 3. The SMILES string of the molecule is CCC(C(=O)NC(C)(C)C)N(Cc1ccc(Cl)c(Cl)c1)C(=O)CN(c1cc(Cl)ccc1OC)S(C)(=O)=O. The minimum atomic E-state index is -3.95. The van der Waals surface area contributed by atoms with Gasteiger partial charge in [0.25, 0.3) is 0 Å². The fourth-order valence-corrected chi connectivity index (χ4v) is 4.99. The number of hydrogen-bond donors (Lipinski definition) is 1. The number of amides is 2. The molecule has 0 bridgehead atoms. The Morgan fingerprint density at radius 2 is 1.70 bits per heavy atom. The Labute approximate surface area is 233 Å². The van der Waals surface area contributed by atoms with Crippen LogP contribution in [0.5, 0.6) is 5.75 Å². The summed E-state index contributed by atoms with van der Waals surface area (Å²) in [5.74, 6) is -0.750. The number of hydrogen-bond acceptors (Lipinski definition) is 5. The third-order valence-electron chi connectivity index (χ3n) is 5.31. The van der Waals surface area contributed by atoms with Gasteiger partial charge in [0.05, 0.1) is 29.1 Å². The molecule has 37 heavy (non-hydrogen) atoms. The summed E-state index contributed by atoms with van der Waals surface area (Å²) in [5.41, 5.74) is 0.180. The third-order valence-corrected chi connectivity index (χ3v) is 7.41. The van der Waals surface area contributed by atoms with Crippen LogP contribution in [0, 0.1) is 0 Å². The number of nitrogens with one attached hydrogen (secondary N) is 1. The summed E-state index contributed by atoms with van der Waals surface area (Å²) in [4.78, 5) is 28.4. The van der Waals surface area contributed by atoms with Crippen LogP contribution < -0.4 is 14.4 Å². The van der Waals surface area contributed by atoms with E-state index in [9.17, 15) is 18.0 Å². The first-order valence-electron chi connectivity index (χ1n) is 11.4. The Hall–Kier alpha value is -2.20. The number of methoxy groups -OCH3 is 1. The van der Waals surface area contributed by atoms with Crippen LogP contribution in [0.4, 0.5) is 5.69 Å². The van der Waals surface area contributed by atoms with Crippen molar-refractivity contribution in [3.8, 4) is 5.75 Å². The van der Waals surface area contributed by atoms with Crippen LogP contribution in [0.3, 0.4) is 0 Å². The minimum Gasteiger partial charge on any atom is -0.495 e. The van der Waals surface area contributed by atoms with Crippen LogP contribution in [0.25, 0.3) is 0 Å². The highest BCUT2D eigenvalue weighted by Crippen LogP contribution is 2.33. The lowest BCUT2D eigenvalue weighted by Gasteiger charge is -2.34. The molecule has 1 unspecified atom stereocenters. The summed E-state index contributed by atoms with van der Waals surface area (Å²) < 4.78 is 31.9. The molecule has 0 saturated heterocycles. The van der Waals surface area contributed by atoms with Crippen molar-refractivity contribution in [3.05, 3.63) is 57.0 Å². The van der Waals surface area contributed by atoms with E-state index in [1.165, 1.54) is 24.1 Å². The van der Waals surface area contributed by atoms with Crippen molar-refractivity contribution in [3.63, 3.8) is 0 Å². The Balaban J connectivity index is 2.55. The molecule has 0 spiro atoms. The summed E-state index contributed by atoms with van der Waals surface area (Å²) >= 11 is 18.4. The summed E-state index contributed by atoms with van der Waals surface area (Å²) in [6.07, 6.45) is 1.27. The molecule has 0 saturated carbocycles. The van der Waals surface area contributed by atoms with Gasteiger partial charge >= 0.3 is 0 Å². The molecule has 0 heterocycles. The molecule has 0 fully saturated rings. The highest BCUT2D eigenvalue weighted by atomic mass is 35.5. The number of anilines is 1. The van der Waals surface area contributed by atoms with E-state index in [1.54, 1.807) is 31.2 Å². The van der Waals surface area contributed by atoms with Crippen LogP contribution >= 0.6 is 34.8 Å². The van der Waals surface area contributed by atoms with Gasteiger partial charge < -0.3 is 15.0 Å². The van der Waals surface area contributed by atoms with E-state index in [0.29, 0.717) is 15.6 Å². The molecule has 0 aliphatic carbocycles. The van der Waals surface area contributed by atoms with Gasteiger partial charge in [0, 0.05) is 17.1 Å². The zero-order valence-electron chi connectivity index (χ0n) is 21.6. The van der Waals surface area contributed by atoms with Gasteiger partial charge in [-0.05, 0) is 63.1 Å². The predicted molar refractivity (Wildman–Crippen MR) is 149 cm³/mol. The number of rotatable bonds is 10. The van der Waals surface area contributed by atoms with Crippen molar-refractivity contribution in [1.29, 1.82) is 0 Å². The van der Waals surface area contributed by atoms with E-state index in [2.05, 4.69) is 5.32 Å². The topological polar surface area (TPSA) is 96.0 Å². The molecule has 1 atom stereocenters. The van der Waals surface area contributed by atoms with E-state index >= 15 is 0 Å². The molecule has 0 aliphatic rings. The van der Waals surface area contributed by atoms with E-state index in [-0.39, 0.29) is 35.3 Å². The highest BCUT2D eigenvalue weighted by molar-refractivity contribution is 7.92. The molecule has 0 aliphatic heterocycles. The summed E-state index contributed by atoms with van der Waals surface area (Å²) in [6, 6.07) is 8.47. The van der Waals surface area contributed by atoms with Gasteiger partial charge in [0.15, 0.2) is 0 Å². The van der Waals surface area contributed by atoms with Gasteiger partial charge in [-0.25, -0.2) is 8.42 Å². The van der Waals surface area contributed by atoms with E-state index < -0.39 is 34.1 Å². The predicted octanol–water partition coefficient (Wildman–Crippen LogP) is 5.14. The Morgan fingerprint density at radius 1 is 1.05 bits per heavy atom. The molecule has 2 rings (SSSR count). The van der Waals surface area contributed by atoms with Gasteiger partial charge in [-0.15, -0.1) is 0 Å². The van der Waals surface area contributed by atoms with Crippen molar-refractivity contribution < 1.29 is 22.7 Å². The lowest BCUT2D eigenvalue weighted by Crippen LogP contribution is -2.55. The first-order valence-corrected chi connectivity index (χ1v) is 14.4. The van der Waals surface area contributed by atoms with Crippen LogP contribution in [0.2, 0.25) is 15.1 Å². The van der Waals surface area contributed by atoms with Crippen molar-refractivity contribution >= 4 is 62.3 Å². The van der Waals surface area contributed by atoms with Crippen molar-refractivity contribution in [1.82, 2.24) is 10.2 Å². The van der Waals surface area contributed by atoms with E-state index in [1.807, 2.05) is 20.8 Å². The summed E-state index contributed by atoms with van der Waals surface area (Å²) in [6.45, 7) is 6.68. The highest BCUT2D eigenvalue weighted by Gasteiger charge is 2.33. The Morgan fingerprint density at radius 3 is 2.22 bits per heavy atom. The van der Waals surface area contributed by atoms with Crippen molar-refractivity contribution in [2.75, 3.05) is 24.2 Å². The van der Waals surface area contributed by atoms with E-state index in [4.69, 9.17) is 39.5 Å². The van der Waals surface area contributed by atoms with Gasteiger partial charge in [-0.3, -0.25) is 13.9 Å². The van der Waals surface area contributed by atoms with Crippen LogP contribution in [0.1, 0.15) is 39.7 Å². The second kappa shape index (κ2) is 12.6. The molecule has 12 heteroatoms. The molecule has 0 radical (unpaired) electrons. The maximum absolute atomic E-state index is 13.8. The van der Waals surface area contributed by atoms with Crippen LogP contribution in [-0.4, -0.2) is 56.6 Å². The van der Waals surface area contributed by atoms with Gasteiger partial charge in [0.1, 0.15) is 18.3 Å². The number of carbonyl (C=O) groups is 2. The van der Waals surface area contributed by atoms with Gasteiger partial charge in [-0.1, -0.05) is 47.8 Å². The summed E-state index contributed by atoms with van der Waals surface area (Å²) in [7, 11) is -2.57. The fourth-order valence-electron chi connectivity index (χ4n) is 3.66. The third kappa shape index (κ3) is 8.67. The number of benzene rings is 2. The number of nitrogens with zero attached hydrogens (tertiary/aromatic N) is 2. The standard InChI is InChI=1S/C25H32Cl3N3O5S/c1-7-20(24(33)29-25(2,3)4)30(14-16-8-10-18(27)19(28)12-16)23(32)15-31(37(6,34)35)21-13-17(26)9-11-22(21)36-5/h8-13,20H,7,14-15H2,1-6H3,(H,29,33). The second-order valence-corrected chi connectivity index (χ2v) is 12.7. The molecule has 0 aromatic heterocycles. The number of sulfonamides is 1.